The van der Waals surface area contributed by atoms with E-state index in [0.29, 0.717) is 18.2 Å². The largest absolute Gasteiger partial charge is 0.378 e. The van der Waals surface area contributed by atoms with Gasteiger partial charge in [-0.2, -0.15) is 0 Å². The number of nitrogens with one attached hydrogen (secondary N) is 1. The van der Waals surface area contributed by atoms with Gasteiger partial charge in [-0.3, -0.25) is 4.98 Å². The summed E-state index contributed by atoms with van der Waals surface area (Å²) < 4.78 is 5.10. The van der Waals surface area contributed by atoms with Crippen molar-refractivity contribution in [2.24, 2.45) is 5.84 Å². The van der Waals surface area contributed by atoms with Gasteiger partial charge in [-0.1, -0.05) is 6.92 Å². The van der Waals surface area contributed by atoms with E-state index in [9.17, 15) is 0 Å². The number of aryl methyl sites for hydroxylation is 1. The molecule has 0 aliphatic heterocycles. The molecule has 3 N–H and O–H groups in total. The van der Waals surface area contributed by atoms with E-state index in [1.165, 1.54) is 0 Å². The molecule has 0 fully saturated rings. The summed E-state index contributed by atoms with van der Waals surface area (Å²) in [7, 11) is 1.63. The monoisotopic (exact) mass is 259 g/mol. The number of methoxy groups -OCH3 is 1. The Morgan fingerprint density at radius 1 is 1.37 bits per heavy atom. The molecule has 2 aromatic heterocycles. The predicted molar refractivity (Wildman–Crippen MR) is 73.2 cm³/mol. The van der Waals surface area contributed by atoms with Crippen molar-refractivity contribution in [2.45, 2.75) is 20.0 Å². The highest BCUT2D eigenvalue weighted by molar-refractivity contribution is 5.61. The molecule has 2 rings (SSSR count). The first kappa shape index (κ1) is 13.4. The Morgan fingerprint density at radius 3 is 2.89 bits per heavy atom. The molecule has 0 aliphatic carbocycles. The van der Waals surface area contributed by atoms with Gasteiger partial charge in [0.25, 0.3) is 0 Å². The fraction of sp³-hybridized carbons (Fsp3) is 0.308. The minimum absolute atomic E-state index is 0.413. The molecule has 6 heteroatoms. The van der Waals surface area contributed by atoms with Crippen LogP contribution in [0.25, 0.3) is 11.4 Å². The van der Waals surface area contributed by atoms with Gasteiger partial charge in [0, 0.05) is 31.1 Å². The second-order valence-electron chi connectivity index (χ2n) is 4.03. The molecule has 2 aromatic rings. The quantitative estimate of drug-likeness (QED) is 0.625. The molecule has 0 saturated heterocycles. The van der Waals surface area contributed by atoms with Crippen LogP contribution < -0.4 is 11.3 Å². The topological polar surface area (TPSA) is 86.0 Å². The molecule has 19 heavy (non-hydrogen) atoms. The van der Waals surface area contributed by atoms with E-state index in [2.05, 4.69) is 27.3 Å². The molecule has 6 nitrogen and oxygen atoms in total. The standard InChI is InChI=1S/C13H17N5O/c1-3-9-7-15-5-4-11(9)13-16-10(8-19-2)6-12(17-13)18-14/h4-7H,3,8,14H2,1-2H3,(H,16,17,18). The normalized spacial score (nSPS) is 10.5. The molecule has 0 radical (unpaired) electrons. The summed E-state index contributed by atoms with van der Waals surface area (Å²) in [6.45, 7) is 2.48. The summed E-state index contributed by atoms with van der Waals surface area (Å²) in [5, 5.41) is 0. The van der Waals surface area contributed by atoms with Gasteiger partial charge in [0.2, 0.25) is 0 Å². The van der Waals surface area contributed by atoms with Gasteiger partial charge in [0.05, 0.1) is 12.3 Å². The molecular weight excluding hydrogens is 242 g/mol. The van der Waals surface area contributed by atoms with Crippen molar-refractivity contribution in [3.8, 4) is 11.4 Å². The molecule has 0 aliphatic rings. The number of nitrogens with zero attached hydrogens (tertiary/aromatic N) is 3. The van der Waals surface area contributed by atoms with Crippen LogP contribution in [0.5, 0.6) is 0 Å². The maximum absolute atomic E-state index is 5.44. The highest BCUT2D eigenvalue weighted by Crippen LogP contribution is 2.21. The van der Waals surface area contributed by atoms with Crippen molar-refractivity contribution < 1.29 is 4.74 Å². The second kappa shape index (κ2) is 6.21. The summed E-state index contributed by atoms with van der Waals surface area (Å²) in [5.41, 5.74) is 5.39. The summed E-state index contributed by atoms with van der Waals surface area (Å²) in [6.07, 6.45) is 4.43. The molecular formula is C13H17N5O. The number of hydrogen-bond acceptors (Lipinski definition) is 6. The maximum Gasteiger partial charge on any atom is 0.162 e. The number of anilines is 1. The van der Waals surface area contributed by atoms with E-state index in [1.54, 1.807) is 19.4 Å². The minimum atomic E-state index is 0.413. The van der Waals surface area contributed by atoms with E-state index in [-0.39, 0.29) is 0 Å². The first-order valence-electron chi connectivity index (χ1n) is 6.05. The third-order valence-electron chi connectivity index (χ3n) is 2.74. The number of nitrogens with two attached hydrogens (primary N) is 1. The zero-order valence-corrected chi connectivity index (χ0v) is 11.1. The summed E-state index contributed by atoms with van der Waals surface area (Å²) >= 11 is 0. The number of ether oxygens (including phenoxy) is 1. The van der Waals surface area contributed by atoms with Crippen LogP contribution in [0.2, 0.25) is 0 Å². The molecule has 0 saturated carbocycles. The van der Waals surface area contributed by atoms with Crippen LogP contribution >= 0.6 is 0 Å². The summed E-state index contributed by atoms with van der Waals surface area (Å²) in [6, 6.07) is 3.67. The Hall–Kier alpha value is -2.05. The Bertz CT molecular complexity index is 558. The number of nitrogen functional groups attached to an aromatic ring is 1. The Balaban J connectivity index is 2.51. The Morgan fingerprint density at radius 2 is 2.21 bits per heavy atom. The first-order valence-corrected chi connectivity index (χ1v) is 6.05. The van der Waals surface area contributed by atoms with Crippen LogP contribution in [-0.2, 0) is 17.8 Å². The van der Waals surface area contributed by atoms with Crippen LogP contribution in [0.3, 0.4) is 0 Å². The van der Waals surface area contributed by atoms with Crippen molar-refractivity contribution in [2.75, 3.05) is 12.5 Å². The van der Waals surface area contributed by atoms with Crippen LogP contribution in [0.15, 0.2) is 24.5 Å². The lowest BCUT2D eigenvalue weighted by atomic mass is 10.1. The zero-order valence-electron chi connectivity index (χ0n) is 11.1. The smallest absolute Gasteiger partial charge is 0.162 e. The SMILES string of the molecule is CCc1cnccc1-c1nc(COC)cc(NN)n1. The highest BCUT2D eigenvalue weighted by Gasteiger charge is 2.10. The molecule has 0 amide bonds. The molecule has 0 unspecified atom stereocenters. The van der Waals surface area contributed by atoms with E-state index in [0.717, 1.165) is 23.2 Å². The van der Waals surface area contributed by atoms with Gasteiger partial charge in [-0.25, -0.2) is 15.8 Å². The average Bonchev–Trinajstić information content (AvgIpc) is 2.47. The van der Waals surface area contributed by atoms with Gasteiger partial charge in [-0.15, -0.1) is 0 Å². The lowest BCUT2D eigenvalue weighted by molar-refractivity contribution is 0.181. The van der Waals surface area contributed by atoms with Crippen molar-refractivity contribution in [1.29, 1.82) is 0 Å². The number of rotatable bonds is 5. The lowest BCUT2D eigenvalue weighted by Crippen LogP contribution is -2.11. The highest BCUT2D eigenvalue weighted by atomic mass is 16.5. The maximum atomic E-state index is 5.44. The van der Waals surface area contributed by atoms with Gasteiger partial charge >= 0.3 is 0 Å². The lowest BCUT2D eigenvalue weighted by Gasteiger charge is -2.09. The van der Waals surface area contributed by atoms with E-state index in [4.69, 9.17) is 10.6 Å². The van der Waals surface area contributed by atoms with E-state index < -0.39 is 0 Å². The first-order chi connectivity index (χ1) is 9.28. The second-order valence-corrected chi connectivity index (χ2v) is 4.03. The Labute approximate surface area is 112 Å². The summed E-state index contributed by atoms with van der Waals surface area (Å²) in [4.78, 5) is 13.0. The fourth-order valence-corrected chi connectivity index (χ4v) is 1.84. The minimum Gasteiger partial charge on any atom is -0.378 e. The van der Waals surface area contributed by atoms with E-state index >= 15 is 0 Å². The van der Waals surface area contributed by atoms with E-state index in [1.807, 2.05) is 12.3 Å². The number of hydrogen-bond donors (Lipinski definition) is 2. The molecule has 0 spiro atoms. The van der Waals surface area contributed by atoms with Crippen LogP contribution in [0.1, 0.15) is 18.2 Å². The molecule has 0 atom stereocenters. The average molecular weight is 259 g/mol. The van der Waals surface area contributed by atoms with Crippen molar-refractivity contribution in [1.82, 2.24) is 15.0 Å². The number of hydrazine groups is 1. The number of aromatic nitrogens is 3. The molecule has 100 valence electrons. The van der Waals surface area contributed by atoms with Gasteiger partial charge in [0.1, 0.15) is 5.82 Å². The zero-order chi connectivity index (χ0) is 13.7. The Kier molecular flexibility index (Phi) is 4.38. The predicted octanol–water partition coefficient (Wildman–Crippen LogP) is 1.53. The third-order valence-corrected chi connectivity index (χ3v) is 2.74. The summed E-state index contributed by atoms with van der Waals surface area (Å²) in [5.74, 6) is 6.63. The van der Waals surface area contributed by atoms with Crippen molar-refractivity contribution in [3.63, 3.8) is 0 Å². The number of pyridine rings is 1. The molecule has 0 aromatic carbocycles. The van der Waals surface area contributed by atoms with Gasteiger partial charge < -0.3 is 10.2 Å². The van der Waals surface area contributed by atoms with Crippen molar-refractivity contribution >= 4 is 5.82 Å². The van der Waals surface area contributed by atoms with Crippen LogP contribution in [0, 0.1) is 0 Å². The molecule has 2 heterocycles. The van der Waals surface area contributed by atoms with Gasteiger partial charge in [0.15, 0.2) is 5.82 Å². The van der Waals surface area contributed by atoms with Gasteiger partial charge in [-0.05, 0) is 18.1 Å². The fourth-order valence-electron chi connectivity index (χ4n) is 1.84. The third kappa shape index (κ3) is 3.04. The van der Waals surface area contributed by atoms with Crippen LogP contribution in [0.4, 0.5) is 5.82 Å². The van der Waals surface area contributed by atoms with Crippen LogP contribution in [-0.4, -0.2) is 22.1 Å². The van der Waals surface area contributed by atoms with Crippen molar-refractivity contribution in [3.05, 3.63) is 35.8 Å². The molecule has 0 bridgehead atoms.